The van der Waals surface area contributed by atoms with Crippen molar-refractivity contribution in [2.75, 3.05) is 0 Å². The van der Waals surface area contributed by atoms with Crippen molar-refractivity contribution in [3.05, 3.63) is 62.8 Å². The van der Waals surface area contributed by atoms with E-state index in [2.05, 4.69) is 21.2 Å². The number of ether oxygens (including phenoxy) is 1. The van der Waals surface area contributed by atoms with E-state index in [1.165, 1.54) is 18.2 Å². The number of benzene rings is 2. The van der Waals surface area contributed by atoms with Gasteiger partial charge in [-0.1, -0.05) is 53.5 Å². The van der Waals surface area contributed by atoms with Crippen molar-refractivity contribution in [2.24, 2.45) is 5.92 Å². The standard InChI is InChI=1S/C19H18BrClFNO3/c1-10(2)16(23-18(24)13-6-4-5-7-15(13)22)19(25)26-17-11(3)8-12(20)9-14(17)21/h4-10,16H,1-3H3,(H,23,24)/t16-/m0/s1. The largest absolute Gasteiger partial charge is 0.423 e. The van der Waals surface area contributed by atoms with Crippen LogP contribution in [0.2, 0.25) is 5.02 Å². The van der Waals surface area contributed by atoms with Crippen LogP contribution in [0.3, 0.4) is 0 Å². The molecule has 0 bridgehead atoms. The SMILES string of the molecule is Cc1cc(Br)cc(Cl)c1OC(=O)[C@@H](NC(=O)c1ccccc1F)C(C)C. The second-order valence-electron chi connectivity index (χ2n) is 6.13. The van der Waals surface area contributed by atoms with Crippen LogP contribution in [0.25, 0.3) is 0 Å². The molecule has 0 aliphatic rings. The molecule has 0 aromatic heterocycles. The summed E-state index contributed by atoms with van der Waals surface area (Å²) >= 11 is 9.45. The van der Waals surface area contributed by atoms with Crippen molar-refractivity contribution in [1.82, 2.24) is 5.32 Å². The maximum Gasteiger partial charge on any atom is 0.334 e. The molecule has 1 amide bonds. The van der Waals surface area contributed by atoms with Gasteiger partial charge in [-0.25, -0.2) is 9.18 Å². The van der Waals surface area contributed by atoms with E-state index in [9.17, 15) is 14.0 Å². The molecule has 2 aromatic rings. The van der Waals surface area contributed by atoms with Crippen LogP contribution >= 0.6 is 27.5 Å². The molecule has 1 atom stereocenters. The van der Waals surface area contributed by atoms with Crippen molar-refractivity contribution in [1.29, 1.82) is 0 Å². The minimum atomic E-state index is -0.957. The van der Waals surface area contributed by atoms with Gasteiger partial charge in [0, 0.05) is 4.47 Å². The van der Waals surface area contributed by atoms with Gasteiger partial charge < -0.3 is 10.1 Å². The predicted octanol–water partition coefficient (Wildman–Crippen LogP) is 4.91. The number of esters is 1. The van der Waals surface area contributed by atoms with Crippen molar-refractivity contribution in [3.63, 3.8) is 0 Å². The monoisotopic (exact) mass is 441 g/mol. The Bertz CT molecular complexity index is 818. The first-order valence-corrected chi connectivity index (χ1v) is 9.10. The van der Waals surface area contributed by atoms with Gasteiger partial charge >= 0.3 is 5.97 Å². The molecule has 26 heavy (non-hydrogen) atoms. The molecule has 7 heteroatoms. The van der Waals surface area contributed by atoms with E-state index < -0.39 is 23.7 Å². The summed E-state index contributed by atoms with van der Waals surface area (Å²) in [6.07, 6.45) is 0. The van der Waals surface area contributed by atoms with Gasteiger partial charge in [-0.2, -0.15) is 0 Å². The van der Waals surface area contributed by atoms with Gasteiger partial charge in [-0.15, -0.1) is 0 Å². The lowest BCUT2D eigenvalue weighted by Crippen LogP contribution is -2.46. The van der Waals surface area contributed by atoms with Gasteiger partial charge in [0.25, 0.3) is 5.91 Å². The zero-order chi connectivity index (χ0) is 19.4. The molecule has 0 aliphatic heterocycles. The highest BCUT2D eigenvalue weighted by molar-refractivity contribution is 9.10. The Hall–Kier alpha value is -1.92. The second kappa shape index (κ2) is 8.64. The van der Waals surface area contributed by atoms with Crippen molar-refractivity contribution < 1.29 is 18.7 Å². The minimum Gasteiger partial charge on any atom is -0.423 e. The predicted molar refractivity (Wildman–Crippen MR) is 102 cm³/mol. The lowest BCUT2D eigenvalue weighted by Gasteiger charge is -2.21. The topological polar surface area (TPSA) is 55.4 Å². The zero-order valence-corrected chi connectivity index (χ0v) is 16.8. The molecule has 0 radical (unpaired) electrons. The molecule has 2 rings (SSSR count). The fourth-order valence-corrected chi connectivity index (χ4v) is 3.35. The molecule has 4 nitrogen and oxygen atoms in total. The highest BCUT2D eigenvalue weighted by Crippen LogP contribution is 2.32. The van der Waals surface area contributed by atoms with E-state index in [0.29, 0.717) is 5.56 Å². The van der Waals surface area contributed by atoms with Crippen LogP contribution in [0.15, 0.2) is 40.9 Å². The smallest absolute Gasteiger partial charge is 0.334 e. The summed E-state index contributed by atoms with van der Waals surface area (Å²) in [6.45, 7) is 5.26. The Morgan fingerprint density at radius 1 is 1.23 bits per heavy atom. The van der Waals surface area contributed by atoms with E-state index in [-0.39, 0.29) is 22.3 Å². The molecule has 138 valence electrons. The molecule has 0 spiro atoms. The first kappa shape index (κ1) is 20.4. The number of carbonyl (C=O) groups excluding carboxylic acids is 2. The highest BCUT2D eigenvalue weighted by Gasteiger charge is 2.28. The number of carbonyl (C=O) groups is 2. The van der Waals surface area contributed by atoms with E-state index in [0.717, 1.165) is 4.47 Å². The van der Waals surface area contributed by atoms with Crippen LogP contribution in [0, 0.1) is 18.7 Å². The maximum absolute atomic E-state index is 13.8. The zero-order valence-electron chi connectivity index (χ0n) is 14.5. The van der Waals surface area contributed by atoms with Crippen molar-refractivity contribution in [3.8, 4) is 5.75 Å². The fraction of sp³-hybridized carbons (Fsp3) is 0.263. The number of hydrogen-bond acceptors (Lipinski definition) is 3. The summed E-state index contributed by atoms with van der Waals surface area (Å²) in [7, 11) is 0. The van der Waals surface area contributed by atoms with E-state index in [1.54, 1.807) is 39.0 Å². The summed E-state index contributed by atoms with van der Waals surface area (Å²) in [5.74, 6) is -2.06. The molecule has 0 fully saturated rings. The lowest BCUT2D eigenvalue weighted by molar-refractivity contribution is -0.137. The number of amides is 1. The molecule has 0 saturated heterocycles. The van der Waals surface area contributed by atoms with Gasteiger partial charge in [-0.05, 0) is 42.7 Å². The van der Waals surface area contributed by atoms with E-state index >= 15 is 0 Å². The minimum absolute atomic E-state index is 0.135. The number of hydrogen-bond donors (Lipinski definition) is 1. The summed E-state index contributed by atoms with van der Waals surface area (Å²) < 4.78 is 20.0. The average Bonchev–Trinajstić information content (AvgIpc) is 2.55. The summed E-state index contributed by atoms with van der Waals surface area (Å²) in [4.78, 5) is 24.9. The van der Waals surface area contributed by atoms with Gasteiger partial charge in [-0.3, -0.25) is 4.79 Å². The number of nitrogens with one attached hydrogen (secondary N) is 1. The Balaban J connectivity index is 2.21. The van der Waals surface area contributed by atoms with Crippen LogP contribution in [-0.2, 0) is 4.79 Å². The van der Waals surface area contributed by atoms with Gasteiger partial charge in [0.1, 0.15) is 11.9 Å². The normalized spacial score (nSPS) is 12.0. The summed E-state index contributed by atoms with van der Waals surface area (Å²) in [6, 6.07) is 7.98. The average molecular weight is 443 g/mol. The molecule has 2 aromatic carbocycles. The first-order chi connectivity index (χ1) is 12.2. The van der Waals surface area contributed by atoms with Crippen molar-refractivity contribution >= 4 is 39.4 Å². The van der Waals surface area contributed by atoms with Crippen LogP contribution in [0.5, 0.6) is 5.75 Å². The third kappa shape index (κ3) is 4.83. The number of rotatable bonds is 5. The molecule has 0 saturated carbocycles. The fourth-order valence-electron chi connectivity index (χ4n) is 2.34. The summed E-state index contributed by atoms with van der Waals surface area (Å²) in [5.41, 5.74) is 0.532. The Morgan fingerprint density at radius 3 is 2.46 bits per heavy atom. The molecular weight excluding hydrogens is 425 g/mol. The Kier molecular flexibility index (Phi) is 6.78. The molecule has 0 aliphatic carbocycles. The quantitative estimate of drug-likeness (QED) is 0.529. The third-order valence-electron chi connectivity index (χ3n) is 3.72. The molecule has 1 N–H and O–H groups in total. The van der Waals surface area contributed by atoms with Crippen molar-refractivity contribution in [2.45, 2.75) is 26.8 Å². The first-order valence-electron chi connectivity index (χ1n) is 7.93. The van der Waals surface area contributed by atoms with E-state index in [4.69, 9.17) is 16.3 Å². The molecule has 0 heterocycles. The Morgan fingerprint density at radius 2 is 1.88 bits per heavy atom. The van der Waals surface area contributed by atoms with Gasteiger partial charge in [0.05, 0.1) is 10.6 Å². The molecule has 0 unspecified atom stereocenters. The maximum atomic E-state index is 13.8. The Labute approximate surface area is 164 Å². The van der Waals surface area contributed by atoms with Crippen LogP contribution in [-0.4, -0.2) is 17.9 Å². The molecular formula is C19H18BrClFNO3. The van der Waals surface area contributed by atoms with Crippen LogP contribution in [0.4, 0.5) is 4.39 Å². The van der Waals surface area contributed by atoms with Gasteiger partial charge in [0.2, 0.25) is 0 Å². The number of halogens is 3. The lowest BCUT2D eigenvalue weighted by atomic mass is 10.0. The third-order valence-corrected chi connectivity index (χ3v) is 4.46. The summed E-state index contributed by atoms with van der Waals surface area (Å²) in [5, 5.41) is 2.81. The van der Waals surface area contributed by atoms with Crippen LogP contribution < -0.4 is 10.1 Å². The van der Waals surface area contributed by atoms with Crippen LogP contribution in [0.1, 0.15) is 29.8 Å². The number of aryl methyl sites for hydroxylation is 1. The van der Waals surface area contributed by atoms with Gasteiger partial charge in [0.15, 0.2) is 5.75 Å². The highest BCUT2D eigenvalue weighted by atomic mass is 79.9. The van der Waals surface area contributed by atoms with E-state index in [1.807, 2.05) is 0 Å². The second-order valence-corrected chi connectivity index (χ2v) is 7.45.